The number of hydrogen-bond acceptors (Lipinski definition) is 2. The quantitative estimate of drug-likeness (QED) is 0.173. The molecule has 4 heteroatoms. The Kier molecular flexibility index (Phi) is 13.9. The van der Waals surface area contributed by atoms with E-state index in [0.29, 0.717) is 5.56 Å². The number of amides is 1. The van der Waals surface area contributed by atoms with Gasteiger partial charge in [0, 0.05) is 16.6 Å². The Morgan fingerprint density at radius 3 is 2.00 bits per heavy atom. The van der Waals surface area contributed by atoms with E-state index >= 15 is 0 Å². The van der Waals surface area contributed by atoms with Gasteiger partial charge >= 0.3 is 0 Å². The van der Waals surface area contributed by atoms with Crippen LogP contribution in [0.25, 0.3) is 0 Å². The van der Waals surface area contributed by atoms with Crippen molar-refractivity contribution in [2.45, 2.75) is 89.3 Å². The second-order valence-corrected chi connectivity index (χ2v) is 9.11. The van der Waals surface area contributed by atoms with Crippen LogP contribution in [0.5, 0.6) is 5.75 Å². The van der Waals surface area contributed by atoms with Gasteiger partial charge in [-0.1, -0.05) is 106 Å². The normalized spacial score (nSPS) is 10.8. The van der Waals surface area contributed by atoms with Gasteiger partial charge in [-0.3, -0.25) is 4.79 Å². The van der Waals surface area contributed by atoms with Crippen LogP contribution in [0.1, 0.15) is 99.9 Å². The van der Waals surface area contributed by atoms with E-state index in [1.807, 2.05) is 48.5 Å². The molecule has 2 aromatic rings. The number of rotatable bonds is 17. The van der Waals surface area contributed by atoms with Crippen LogP contribution in [0.15, 0.2) is 48.5 Å². The molecule has 0 bridgehead atoms. The number of carbonyl (C=O) groups is 1. The molecule has 0 aliphatic carbocycles. The Morgan fingerprint density at radius 1 is 0.812 bits per heavy atom. The molecule has 2 rings (SSSR count). The molecule has 1 N–H and O–H groups in total. The lowest BCUT2D eigenvalue weighted by Crippen LogP contribution is -2.12. The third-order valence-corrected chi connectivity index (χ3v) is 6.37. The molecule has 0 atom stereocenters. The van der Waals surface area contributed by atoms with Gasteiger partial charge in [-0.05, 0) is 48.4 Å². The lowest BCUT2D eigenvalue weighted by molar-refractivity contribution is 0.102. The zero-order chi connectivity index (χ0) is 22.9. The van der Waals surface area contributed by atoms with E-state index in [9.17, 15) is 4.79 Å². The maximum Gasteiger partial charge on any atom is 0.255 e. The third-order valence-electron chi connectivity index (χ3n) is 5.72. The highest BCUT2D eigenvalue weighted by Gasteiger charge is 2.07. The fourth-order valence-corrected chi connectivity index (χ4v) is 4.12. The van der Waals surface area contributed by atoms with Gasteiger partial charge in [0.1, 0.15) is 5.75 Å². The first-order valence-corrected chi connectivity index (χ1v) is 13.5. The number of anilines is 1. The predicted octanol–water partition coefficient (Wildman–Crippen LogP) is 8.91. The van der Waals surface area contributed by atoms with Gasteiger partial charge in [-0.15, -0.1) is 0 Å². The van der Waals surface area contributed by atoms with Crippen LogP contribution in [0.3, 0.4) is 0 Å². The number of nitrogens with one attached hydrogen (secondary N) is 1. The number of benzene rings is 2. The van der Waals surface area contributed by atoms with Crippen molar-refractivity contribution in [3.8, 4) is 5.75 Å². The van der Waals surface area contributed by atoms with Crippen molar-refractivity contribution in [1.82, 2.24) is 0 Å². The smallest absolute Gasteiger partial charge is 0.255 e. The first-order valence-electron chi connectivity index (χ1n) is 12.4. The van der Waals surface area contributed by atoms with Crippen molar-refractivity contribution in [2.24, 2.45) is 0 Å². The van der Waals surface area contributed by atoms with Gasteiger partial charge < -0.3 is 10.1 Å². The highest BCUT2D eigenvalue weighted by atomic mass is 79.9. The van der Waals surface area contributed by atoms with E-state index in [1.54, 1.807) is 0 Å². The number of hydrogen-bond donors (Lipinski definition) is 1. The van der Waals surface area contributed by atoms with Crippen LogP contribution in [-0.2, 0) is 5.33 Å². The predicted molar refractivity (Wildman–Crippen MR) is 140 cm³/mol. The Labute approximate surface area is 203 Å². The molecule has 1 amide bonds. The fourth-order valence-electron chi connectivity index (χ4n) is 3.77. The summed E-state index contributed by atoms with van der Waals surface area (Å²) in [4.78, 5) is 12.4. The van der Waals surface area contributed by atoms with Gasteiger partial charge in [-0.25, -0.2) is 0 Å². The average Bonchev–Trinajstić information content (AvgIpc) is 2.83. The summed E-state index contributed by atoms with van der Waals surface area (Å²) in [5, 5.41) is 3.68. The number of ether oxygens (including phenoxy) is 1. The number of carbonyl (C=O) groups excluding carboxylic acids is 1. The van der Waals surface area contributed by atoms with Gasteiger partial charge in [0.25, 0.3) is 5.91 Å². The van der Waals surface area contributed by atoms with Crippen LogP contribution in [0.4, 0.5) is 5.69 Å². The van der Waals surface area contributed by atoms with Crippen molar-refractivity contribution in [3.63, 3.8) is 0 Å². The topological polar surface area (TPSA) is 38.3 Å². The Morgan fingerprint density at radius 2 is 1.41 bits per heavy atom. The Balaban J connectivity index is 1.52. The minimum atomic E-state index is -0.0991. The number of halogens is 1. The van der Waals surface area contributed by atoms with Crippen LogP contribution in [-0.4, -0.2) is 12.5 Å². The molecule has 32 heavy (non-hydrogen) atoms. The Hall–Kier alpha value is -1.81. The van der Waals surface area contributed by atoms with E-state index in [1.165, 1.54) is 70.6 Å². The average molecular weight is 503 g/mol. The first-order chi connectivity index (χ1) is 15.7. The van der Waals surface area contributed by atoms with Crippen LogP contribution in [0, 0.1) is 0 Å². The highest BCUT2D eigenvalue weighted by molar-refractivity contribution is 9.08. The van der Waals surface area contributed by atoms with Gasteiger partial charge in [0.05, 0.1) is 6.61 Å². The zero-order valence-corrected chi connectivity index (χ0v) is 21.3. The molecule has 0 radical (unpaired) electrons. The maximum absolute atomic E-state index is 12.4. The summed E-state index contributed by atoms with van der Waals surface area (Å²) in [5.41, 5.74) is 2.52. The lowest BCUT2D eigenvalue weighted by atomic mass is 10.1. The standard InChI is InChI=1S/C28H40BrNO2/c1-2-3-4-5-6-7-8-9-10-11-12-13-21-32-27-19-17-26(18-20-27)30-28(31)25-16-14-15-24(22-25)23-29/h14-20,22H,2-13,21,23H2,1H3,(H,30,31). The summed E-state index contributed by atoms with van der Waals surface area (Å²) in [6, 6.07) is 15.2. The minimum Gasteiger partial charge on any atom is -0.494 e. The molecular weight excluding hydrogens is 462 g/mol. The van der Waals surface area contributed by atoms with Crippen LogP contribution >= 0.6 is 15.9 Å². The second-order valence-electron chi connectivity index (χ2n) is 8.55. The molecule has 0 saturated heterocycles. The minimum absolute atomic E-state index is 0.0991. The van der Waals surface area contributed by atoms with Crippen molar-refractivity contribution >= 4 is 27.5 Å². The van der Waals surface area contributed by atoms with Crippen molar-refractivity contribution in [3.05, 3.63) is 59.7 Å². The lowest BCUT2D eigenvalue weighted by Gasteiger charge is -2.09. The van der Waals surface area contributed by atoms with Crippen molar-refractivity contribution in [1.29, 1.82) is 0 Å². The molecule has 0 aliphatic heterocycles. The summed E-state index contributed by atoms with van der Waals surface area (Å²) in [7, 11) is 0. The molecule has 0 heterocycles. The molecule has 0 saturated carbocycles. The van der Waals surface area contributed by atoms with E-state index in [-0.39, 0.29) is 5.91 Å². The molecule has 0 spiro atoms. The molecule has 0 aliphatic rings. The first kappa shape index (κ1) is 26.4. The summed E-state index contributed by atoms with van der Waals surface area (Å²) in [6.45, 7) is 3.03. The number of alkyl halides is 1. The highest BCUT2D eigenvalue weighted by Crippen LogP contribution is 2.18. The Bertz CT molecular complexity index is 760. The monoisotopic (exact) mass is 501 g/mol. The molecular formula is C28H40BrNO2. The maximum atomic E-state index is 12.4. The molecule has 0 aromatic heterocycles. The van der Waals surface area contributed by atoms with Crippen molar-refractivity contribution in [2.75, 3.05) is 11.9 Å². The molecule has 3 nitrogen and oxygen atoms in total. The van der Waals surface area contributed by atoms with Gasteiger partial charge in [0.2, 0.25) is 0 Å². The SMILES string of the molecule is CCCCCCCCCCCCCCOc1ccc(NC(=O)c2cccc(CBr)c2)cc1. The van der Waals surface area contributed by atoms with Crippen LogP contribution in [0.2, 0.25) is 0 Å². The molecule has 2 aromatic carbocycles. The zero-order valence-electron chi connectivity index (χ0n) is 19.7. The summed E-state index contributed by atoms with van der Waals surface area (Å²) < 4.78 is 5.85. The van der Waals surface area contributed by atoms with Gasteiger partial charge in [-0.2, -0.15) is 0 Å². The van der Waals surface area contributed by atoms with E-state index in [2.05, 4.69) is 28.2 Å². The van der Waals surface area contributed by atoms with E-state index in [4.69, 9.17) is 4.74 Å². The molecule has 176 valence electrons. The largest absolute Gasteiger partial charge is 0.494 e. The number of unbranched alkanes of at least 4 members (excludes halogenated alkanes) is 11. The van der Waals surface area contributed by atoms with E-state index < -0.39 is 0 Å². The van der Waals surface area contributed by atoms with E-state index in [0.717, 1.165) is 35.4 Å². The van der Waals surface area contributed by atoms with Crippen molar-refractivity contribution < 1.29 is 9.53 Å². The molecule has 0 fully saturated rings. The van der Waals surface area contributed by atoms with Gasteiger partial charge in [0.15, 0.2) is 0 Å². The van der Waals surface area contributed by atoms with Crippen LogP contribution < -0.4 is 10.1 Å². The molecule has 0 unspecified atom stereocenters. The fraction of sp³-hybridized carbons (Fsp3) is 0.536. The second kappa shape index (κ2) is 16.8. The summed E-state index contributed by atoms with van der Waals surface area (Å²) in [6.07, 6.45) is 16.2. The summed E-state index contributed by atoms with van der Waals surface area (Å²) >= 11 is 3.43. The third kappa shape index (κ3) is 11.2. The summed E-state index contributed by atoms with van der Waals surface area (Å²) in [5.74, 6) is 0.755.